The number of amides is 1. The molecule has 2 aromatic heterocycles. The quantitative estimate of drug-likeness (QED) is 0.887. The summed E-state index contributed by atoms with van der Waals surface area (Å²) in [6.07, 6.45) is 7.92. The van der Waals surface area contributed by atoms with Gasteiger partial charge in [-0.05, 0) is 12.8 Å². The number of ether oxygens (including phenoxy) is 1. The summed E-state index contributed by atoms with van der Waals surface area (Å²) in [5.74, 6) is 0.874. The highest BCUT2D eigenvalue weighted by atomic mass is 16.5. The molecule has 0 saturated heterocycles. The molecule has 2 N–H and O–H groups in total. The average molecular weight is 317 g/mol. The fourth-order valence-corrected chi connectivity index (χ4v) is 3.17. The number of nitrogens with zero attached hydrogens (tertiary/aromatic N) is 3. The Labute approximate surface area is 135 Å². The van der Waals surface area contributed by atoms with Crippen LogP contribution in [0.2, 0.25) is 0 Å². The molecule has 1 saturated carbocycles. The minimum Gasteiger partial charge on any atom is -0.378 e. The van der Waals surface area contributed by atoms with Gasteiger partial charge >= 0.3 is 0 Å². The van der Waals surface area contributed by atoms with E-state index in [1.807, 2.05) is 6.07 Å². The fourth-order valence-electron chi connectivity index (χ4n) is 3.17. The molecular weight excluding hydrogens is 294 g/mol. The Morgan fingerprint density at radius 3 is 2.96 bits per heavy atom. The monoisotopic (exact) mass is 317 g/mol. The highest BCUT2D eigenvalue weighted by molar-refractivity contribution is 6.04. The summed E-state index contributed by atoms with van der Waals surface area (Å²) in [6, 6.07) is 1.94. The van der Waals surface area contributed by atoms with E-state index in [0.717, 1.165) is 5.69 Å². The van der Waals surface area contributed by atoms with Crippen molar-refractivity contribution >= 4 is 11.7 Å². The van der Waals surface area contributed by atoms with E-state index >= 15 is 0 Å². The molecule has 1 fully saturated rings. The lowest BCUT2D eigenvalue weighted by Gasteiger charge is -2.19. The molecule has 0 spiro atoms. The molecule has 0 unspecified atom stereocenters. The average Bonchev–Trinajstić information content (AvgIpc) is 3.15. The van der Waals surface area contributed by atoms with E-state index in [0.29, 0.717) is 29.6 Å². The van der Waals surface area contributed by atoms with Gasteiger partial charge in [-0.15, -0.1) is 0 Å². The zero-order valence-electron chi connectivity index (χ0n) is 13.6. The topological polar surface area (TPSA) is 84.8 Å². The molecule has 1 amide bonds. The minimum atomic E-state index is -0.216. The summed E-state index contributed by atoms with van der Waals surface area (Å²) in [5.41, 5.74) is 2.25. The molecule has 3 rings (SSSR count). The Hall–Kier alpha value is -2.15. The smallest absolute Gasteiger partial charge is 0.260 e. The van der Waals surface area contributed by atoms with Crippen molar-refractivity contribution in [1.82, 2.24) is 20.0 Å². The van der Waals surface area contributed by atoms with Gasteiger partial charge in [0.25, 0.3) is 5.91 Å². The number of H-pyrrole nitrogens is 1. The molecule has 0 radical (unpaired) electrons. The summed E-state index contributed by atoms with van der Waals surface area (Å²) in [7, 11) is 3.37. The van der Waals surface area contributed by atoms with Crippen molar-refractivity contribution in [2.24, 2.45) is 7.05 Å². The van der Waals surface area contributed by atoms with Crippen molar-refractivity contribution in [3.8, 4) is 0 Å². The van der Waals surface area contributed by atoms with Crippen LogP contribution in [0.3, 0.4) is 0 Å². The Kier molecular flexibility index (Phi) is 4.76. The van der Waals surface area contributed by atoms with Crippen molar-refractivity contribution in [3.63, 3.8) is 0 Å². The van der Waals surface area contributed by atoms with Gasteiger partial charge in [0.1, 0.15) is 5.69 Å². The largest absolute Gasteiger partial charge is 0.378 e. The Balaban J connectivity index is 1.69. The van der Waals surface area contributed by atoms with Gasteiger partial charge in [0.15, 0.2) is 5.82 Å². The Morgan fingerprint density at radius 2 is 2.22 bits per heavy atom. The molecule has 2 aromatic rings. The number of anilines is 1. The van der Waals surface area contributed by atoms with Crippen LogP contribution in [0.5, 0.6) is 0 Å². The maximum Gasteiger partial charge on any atom is 0.260 e. The maximum atomic E-state index is 12.4. The van der Waals surface area contributed by atoms with Gasteiger partial charge in [0, 0.05) is 38.0 Å². The summed E-state index contributed by atoms with van der Waals surface area (Å²) in [4.78, 5) is 12.4. The highest BCUT2D eigenvalue weighted by Crippen LogP contribution is 2.32. The maximum absolute atomic E-state index is 12.4. The van der Waals surface area contributed by atoms with Gasteiger partial charge in [0.05, 0.1) is 12.2 Å². The van der Waals surface area contributed by atoms with Crippen LogP contribution in [-0.4, -0.2) is 33.0 Å². The molecule has 124 valence electrons. The number of nitrogens with one attached hydrogen (secondary N) is 2. The first-order chi connectivity index (χ1) is 11.2. The van der Waals surface area contributed by atoms with Gasteiger partial charge in [-0.1, -0.05) is 19.3 Å². The predicted molar refractivity (Wildman–Crippen MR) is 86.3 cm³/mol. The van der Waals surface area contributed by atoms with Crippen molar-refractivity contribution in [2.75, 3.05) is 12.4 Å². The summed E-state index contributed by atoms with van der Waals surface area (Å²) in [6.45, 7) is 0.303. The van der Waals surface area contributed by atoms with E-state index in [1.54, 1.807) is 25.0 Å². The van der Waals surface area contributed by atoms with E-state index in [2.05, 4.69) is 20.6 Å². The van der Waals surface area contributed by atoms with Crippen LogP contribution in [0.4, 0.5) is 5.82 Å². The number of aryl methyl sites for hydroxylation is 1. The van der Waals surface area contributed by atoms with Gasteiger partial charge in [-0.2, -0.15) is 10.2 Å². The second-order valence-electron chi connectivity index (χ2n) is 6.09. The molecule has 1 aliphatic carbocycles. The lowest BCUT2D eigenvalue weighted by Crippen LogP contribution is -2.13. The van der Waals surface area contributed by atoms with Crippen molar-refractivity contribution in [1.29, 1.82) is 0 Å². The van der Waals surface area contributed by atoms with Crippen LogP contribution in [0.1, 0.15) is 59.8 Å². The molecule has 7 heteroatoms. The number of aromatic nitrogens is 4. The van der Waals surface area contributed by atoms with Crippen LogP contribution in [-0.2, 0) is 18.4 Å². The standard InChI is InChI=1S/C16H23N5O2/c1-21-9-12(14(20-21)10-23-2)16(22)17-15-8-13(18-19-15)11-6-4-3-5-7-11/h8-9,11H,3-7,10H2,1-2H3,(H2,17,18,19,22). The van der Waals surface area contributed by atoms with Gasteiger partial charge in [-0.25, -0.2) is 0 Å². The van der Waals surface area contributed by atoms with Gasteiger partial charge < -0.3 is 10.1 Å². The lowest BCUT2D eigenvalue weighted by molar-refractivity contribution is 0.102. The zero-order valence-corrected chi connectivity index (χ0v) is 13.6. The van der Waals surface area contributed by atoms with Gasteiger partial charge in [0.2, 0.25) is 0 Å². The third-order valence-corrected chi connectivity index (χ3v) is 4.32. The highest BCUT2D eigenvalue weighted by Gasteiger charge is 2.20. The normalized spacial score (nSPS) is 15.7. The molecule has 2 heterocycles. The SMILES string of the molecule is COCc1nn(C)cc1C(=O)Nc1cc(C2CCCCC2)[nH]n1. The first-order valence-electron chi connectivity index (χ1n) is 8.05. The fraction of sp³-hybridized carbons (Fsp3) is 0.562. The van der Waals surface area contributed by atoms with E-state index in [9.17, 15) is 4.79 Å². The molecule has 1 aliphatic rings. The van der Waals surface area contributed by atoms with E-state index in [-0.39, 0.29) is 5.91 Å². The zero-order chi connectivity index (χ0) is 16.2. The molecule has 23 heavy (non-hydrogen) atoms. The van der Waals surface area contributed by atoms with E-state index < -0.39 is 0 Å². The number of hydrogen-bond acceptors (Lipinski definition) is 4. The Morgan fingerprint density at radius 1 is 1.43 bits per heavy atom. The molecule has 7 nitrogen and oxygen atoms in total. The number of carbonyl (C=O) groups is 1. The summed E-state index contributed by atoms with van der Waals surface area (Å²) >= 11 is 0. The van der Waals surface area contributed by atoms with E-state index in [4.69, 9.17) is 4.74 Å². The van der Waals surface area contributed by atoms with Crippen molar-refractivity contribution < 1.29 is 9.53 Å². The van der Waals surface area contributed by atoms with Crippen molar-refractivity contribution in [2.45, 2.75) is 44.6 Å². The lowest BCUT2D eigenvalue weighted by atomic mass is 9.87. The summed E-state index contributed by atoms with van der Waals surface area (Å²) in [5, 5.41) is 14.4. The van der Waals surface area contributed by atoms with Crippen LogP contribution >= 0.6 is 0 Å². The first-order valence-corrected chi connectivity index (χ1v) is 8.05. The van der Waals surface area contributed by atoms with Crippen LogP contribution in [0.25, 0.3) is 0 Å². The molecule has 0 atom stereocenters. The van der Waals surface area contributed by atoms with Gasteiger partial charge in [-0.3, -0.25) is 14.6 Å². The number of methoxy groups -OCH3 is 1. The van der Waals surface area contributed by atoms with Crippen molar-refractivity contribution in [3.05, 3.63) is 29.2 Å². The first kappa shape index (κ1) is 15.7. The van der Waals surface area contributed by atoms with E-state index in [1.165, 1.54) is 32.1 Å². The minimum absolute atomic E-state index is 0.216. The van der Waals surface area contributed by atoms with Crippen LogP contribution < -0.4 is 5.32 Å². The third-order valence-electron chi connectivity index (χ3n) is 4.32. The number of carbonyl (C=O) groups excluding carboxylic acids is 1. The summed E-state index contributed by atoms with van der Waals surface area (Å²) < 4.78 is 6.70. The number of hydrogen-bond donors (Lipinski definition) is 2. The Bertz CT molecular complexity index is 670. The number of rotatable bonds is 5. The third kappa shape index (κ3) is 3.61. The molecule has 0 aromatic carbocycles. The predicted octanol–water partition coefficient (Wildman–Crippen LogP) is 2.59. The van der Waals surface area contributed by atoms with Crippen LogP contribution in [0.15, 0.2) is 12.3 Å². The second kappa shape index (κ2) is 6.95. The van der Waals surface area contributed by atoms with Crippen LogP contribution in [0, 0.1) is 0 Å². The number of aromatic amines is 1. The second-order valence-corrected chi connectivity index (χ2v) is 6.09. The molecule has 0 bridgehead atoms. The molecular formula is C16H23N5O2. The molecule has 0 aliphatic heterocycles.